The van der Waals surface area contributed by atoms with Gasteiger partial charge in [0.25, 0.3) is 0 Å². The van der Waals surface area contributed by atoms with E-state index in [-0.39, 0.29) is 36.7 Å². The van der Waals surface area contributed by atoms with Crippen LogP contribution in [0.5, 0.6) is 17.2 Å². The summed E-state index contributed by atoms with van der Waals surface area (Å²) in [6.45, 7) is 0.991. The molecule has 0 saturated carbocycles. The summed E-state index contributed by atoms with van der Waals surface area (Å²) in [6.07, 6.45) is 6.26. The van der Waals surface area contributed by atoms with Crippen LogP contribution in [0, 0.1) is 0 Å². The van der Waals surface area contributed by atoms with Crippen molar-refractivity contribution in [3.8, 4) is 17.2 Å². The lowest BCUT2D eigenvalue weighted by Crippen LogP contribution is -2.52. The second-order valence-electron chi connectivity index (χ2n) is 10.1. The number of ketones is 2. The molecule has 0 radical (unpaired) electrons. The first-order valence-corrected chi connectivity index (χ1v) is 12.8. The molecular weight excluding hydrogens is 458 g/mol. The number of nitrogens with zero attached hydrogens (tertiary/aromatic N) is 1. The van der Waals surface area contributed by atoms with Gasteiger partial charge in [0.15, 0.2) is 11.6 Å². The standard InChI is InChI=1S/C29H33NO6/c1-34-22-16-25(35-2)28-24(32)18-29(36-26(28)17-22)11-13-30(14-12-29)27(33)10-9-23(31)21-8-7-19-5-3-4-6-20(19)15-21/h7-8,15-17H,3-6,9-14,18H2,1-2H3. The van der Waals surface area contributed by atoms with Gasteiger partial charge in [0.05, 0.1) is 20.6 Å². The van der Waals surface area contributed by atoms with Gasteiger partial charge < -0.3 is 19.1 Å². The number of fused-ring (bicyclic) bond motifs is 2. The molecule has 190 valence electrons. The van der Waals surface area contributed by atoms with Gasteiger partial charge in [-0.1, -0.05) is 12.1 Å². The third-order valence-corrected chi connectivity index (χ3v) is 7.85. The Bertz CT molecular complexity index is 1190. The zero-order valence-corrected chi connectivity index (χ0v) is 21.1. The molecule has 2 aromatic carbocycles. The van der Waals surface area contributed by atoms with E-state index in [4.69, 9.17) is 14.2 Å². The largest absolute Gasteiger partial charge is 0.496 e. The van der Waals surface area contributed by atoms with Crippen LogP contribution in [0.15, 0.2) is 30.3 Å². The molecule has 5 rings (SSSR count). The number of hydrogen-bond acceptors (Lipinski definition) is 6. The number of aryl methyl sites for hydroxylation is 2. The van der Waals surface area contributed by atoms with Crippen molar-refractivity contribution in [2.75, 3.05) is 27.3 Å². The quantitative estimate of drug-likeness (QED) is 0.551. The van der Waals surface area contributed by atoms with Crippen molar-refractivity contribution < 1.29 is 28.6 Å². The van der Waals surface area contributed by atoms with E-state index < -0.39 is 5.60 Å². The molecule has 2 aliphatic heterocycles. The Hall–Kier alpha value is -3.35. The van der Waals surface area contributed by atoms with Gasteiger partial charge in [0, 0.05) is 56.5 Å². The summed E-state index contributed by atoms with van der Waals surface area (Å²) in [5.74, 6) is 1.45. The number of methoxy groups -OCH3 is 2. The van der Waals surface area contributed by atoms with Crippen LogP contribution < -0.4 is 14.2 Å². The van der Waals surface area contributed by atoms with Crippen molar-refractivity contribution in [2.24, 2.45) is 0 Å². The van der Waals surface area contributed by atoms with E-state index in [2.05, 4.69) is 6.07 Å². The van der Waals surface area contributed by atoms with E-state index in [1.165, 1.54) is 31.1 Å². The summed E-state index contributed by atoms with van der Waals surface area (Å²) in [6, 6.07) is 9.40. The fraction of sp³-hybridized carbons (Fsp3) is 0.483. The fourth-order valence-corrected chi connectivity index (χ4v) is 5.72. The molecule has 36 heavy (non-hydrogen) atoms. The Morgan fingerprint density at radius 2 is 1.72 bits per heavy atom. The highest BCUT2D eigenvalue weighted by Gasteiger charge is 2.45. The molecule has 1 spiro atoms. The van der Waals surface area contributed by atoms with E-state index in [0.29, 0.717) is 54.3 Å². The molecule has 7 heteroatoms. The van der Waals surface area contributed by atoms with Crippen molar-refractivity contribution in [2.45, 2.75) is 63.4 Å². The van der Waals surface area contributed by atoms with Crippen LogP contribution in [-0.4, -0.2) is 55.3 Å². The molecule has 1 amide bonds. The molecule has 0 aromatic heterocycles. The van der Waals surface area contributed by atoms with Gasteiger partial charge in [-0.05, 0) is 42.9 Å². The molecule has 1 fully saturated rings. The molecule has 1 saturated heterocycles. The van der Waals surface area contributed by atoms with Crippen molar-refractivity contribution in [3.63, 3.8) is 0 Å². The van der Waals surface area contributed by atoms with Gasteiger partial charge in [-0.15, -0.1) is 0 Å². The van der Waals surface area contributed by atoms with E-state index in [1.54, 1.807) is 24.1 Å². The van der Waals surface area contributed by atoms with Crippen molar-refractivity contribution in [3.05, 3.63) is 52.6 Å². The third-order valence-electron chi connectivity index (χ3n) is 7.85. The van der Waals surface area contributed by atoms with Gasteiger partial charge in [0.1, 0.15) is 28.4 Å². The lowest BCUT2D eigenvalue weighted by Gasteiger charge is -2.44. The lowest BCUT2D eigenvalue weighted by molar-refractivity contribution is -0.134. The Labute approximate surface area is 211 Å². The number of carbonyl (C=O) groups is 3. The molecule has 3 aliphatic rings. The SMILES string of the molecule is COc1cc(OC)c2c(c1)OC1(CCN(C(=O)CCC(=O)c3ccc4c(c3)CCCC4)CC1)CC2=O. The number of carbonyl (C=O) groups excluding carboxylic acids is 3. The van der Waals surface area contributed by atoms with Crippen LogP contribution in [0.2, 0.25) is 0 Å². The van der Waals surface area contributed by atoms with Crippen LogP contribution in [0.1, 0.15) is 76.8 Å². The van der Waals surface area contributed by atoms with E-state index in [1.807, 2.05) is 12.1 Å². The molecule has 0 N–H and O–H groups in total. The van der Waals surface area contributed by atoms with Gasteiger partial charge in [-0.2, -0.15) is 0 Å². The predicted molar refractivity (Wildman–Crippen MR) is 134 cm³/mol. The maximum atomic E-state index is 13.0. The zero-order chi connectivity index (χ0) is 25.3. The lowest BCUT2D eigenvalue weighted by atomic mass is 9.82. The summed E-state index contributed by atoms with van der Waals surface area (Å²) in [7, 11) is 3.08. The first-order valence-electron chi connectivity index (χ1n) is 12.8. The average molecular weight is 492 g/mol. The monoisotopic (exact) mass is 491 g/mol. The van der Waals surface area contributed by atoms with E-state index >= 15 is 0 Å². The highest BCUT2D eigenvalue weighted by Crippen LogP contribution is 2.44. The van der Waals surface area contributed by atoms with Crippen molar-refractivity contribution in [1.29, 1.82) is 0 Å². The summed E-state index contributed by atoms with van der Waals surface area (Å²) in [5, 5.41) is 0. The Kier molecular flexibility index (Phi) is 6.73. The number of likely N-dealkylation sites (tertiary alicyclic amines) is 1. The van der Waals surface area contributed by atoms with Crippen LogP contribution in [0.4, 0.5) is 0 Å². The fourth-order valence-electron chi connectivity index (χ4n) is 5.72. The minimum Gasteiger partial charge on any atom is -0.496 e. The van der Waals surface area contributed by atoms with Crippen molar-refractivity contribution >= 4 is 17.5 Å². The molecule has 2 heterocycles. The predicted octanol–water partition coefficient (Wildman–Crippen LogP) is 4.57. The number of hydrogen-bond donors (Lipinski definition) is 0. The minimum atomic E-state index is -0.642. The first kappa shape index (κ1) is 24.3. The van der Waals surface area contributed by atoms with Crippen molar-refractivity contribution in [1.82, 2.24) is 4.90 Å². The molecule has 2 aromatic rings. The molecule has 1 aliphatic carbocycles. The smallest absolute Gasteiger partial charge is 0.223 e. The average Bonchev–Trinajstić information content (AvgIpc) is 2.90. The maximum Gasteiger partial charge on any atom is 0.223 e. The Morgan fingerprint density at radius 3 is 2.44 bits per heavy atom. The summed E-state index contributed by atoms with van der Waals surface area (Å²) >= 11 is 0. The number of amides is 1. The van der Waals surface area contributed by atoms with Crippen LogP contribution >= 0.6 is 0 Å². The molecule has 0 atom stereocenters. The van der Waals surface area contributed by atoms with Gasteiger partial charge in [-0.25, -0.2) is 0 Å². The molecule has 7 nitrogen and oxygen atoms in total. The van der Waals surface area contributed by atoms with Gasteiger partial charge >= 0.3 is 0 Å². The second-order valence-corrected chi connectivity index (χ2v) is 10.1. The van der Waals surface area contributed by atoms with Crippen LogP contribution in [0.3, 0.4) is 0 Å². The van der Waals surface area contributed by atoms with E-state index in [9.17, 15) is 14.4 Å². The maximum absolute atomic E-state index is 13.0. The zero-order valence-electron chi connectivity index (χ0n) is 21.1. The second kappa shape index (κ2) is 9.96. The highest BCUT2D eigenvalue weighted by molar-refractivity contribution is 6.03. The van der Waals surface area contributed by atoms with Gasteiger partial charge in [-0.3, -0.25) is 14.4 Å². The molecule has 0 unspecified atom stereocenters. The number of Topliss-reactive ketones (excluding diaryl/α,β-unsaturated/α-hetero) is 2. The minimum absolute atomic E-state index is 0.0194. The number of ether oxygens (including phenoxy) is 3. The summed E-state index contributed by atoms with van der Waals surface area (Å²) in [5.41, 5.74) is 3.14. The van der Waals surface area contributed by atoms with Crippen LogP contribution in [0.25, 0.3) is 0 Å². The third kappa shape index (κ3) is 4.71. The summed E-state index contributed by atoms with van der Waals surface area (Å²) in [4.78, 5) is 40.5. The van der Waals surface area contributed by atoms with Gasteiger partial charge in [0.2, 0.25) is 5.91 Å². The highest BCUT2D eigenvalue weighted by atomic mass is 16.5. The topological polar surface area (TPSA) is 82.1 Å². The Balaban J connectivity index is 1.18. The molecule has 0 bridgehead atoms. The normalized spacial score (nSPS) is 18.2. The first-order chi connectivity index (χ1) is 17.4. The number of rotatable bonds is 6. The van der Waals surface area contributed by atoms with E-state index in [0.717, 1.165) is 12.8 Å². The summed E-state index contributed by atoms with van der Waals surface area (Å²) < 4.78 is 17.1. The molecular formula is C29H33NO6. The number of piperidine rings is 1. The van der Waals surface area contributed by atoms with Crippen LogP contribution in [-0.2, 0) is 17.6 Å². The Morgan fingerprint density at radius 1 is 0.972 bits per heavy atom. The number of benzene rings is 2.